The van der Waals surface area contributed by atoms with E-state index < -0.39 is 11.2 Å². The monoisotopic (exact) mass is 409 g/mol. The summed E-state index contributed by atoms with van der Waals surface area (Å²) in [7, 11) is 0. The van der Waals surface area contributed by atoms with Crippen molar-refractivity contribution >= 4 is 33.9 Å². The molecule has 3 aromatic heterocycles. The molecule has 0 atom stereocenters. The Bertz CT molecular complexity index is 1250. The van der Waals surface area contributed by atoms with Gasteiger partial charge in [0.05, 0.1) is 5.39 Å². The molecule has 0 saturated carbocycles. The zero-order chi connectivity index (χ0) is 21.6. The molecule has 0 spiro atoms. The van der Waals surface area contributed by atoms with Gasteiger partial charge in [0.2, 0.25) is 5.91 Å². The maximum Gasteiger partial charge on any atom is 0.230 e. The highest BCUT2D eigenvalue weighted by Gasteiger charge is 2.24. The number of aromatic nitrogens is 4. The van der Waals surface area contributed by atoms with Gasteiger partial charge in [-0.05, 0) is 24.1 Å². The SMILES string of the molecule is CC(C)Cn1nc(NC(=O)C(C)(C)C)c2cc(-c3ccc4ncoc4c3F)cnc21. The molecule has 3 heterocycles. The van der Waals surface area contributed by atoms with Crippen molar-refractivity contribution < 1.29 is 13.6 Å². The predicted molar refractivity (Wildman–Crippen MR) is 113 cm³/mol. The van der Waals surface area contributed by atoms with Crippen molar-refractivity contribution in [2.75, 3.05) is 5.32 Å². The summed E-state index contributed by atoms with van der Waals surface area (Å²) in [5.41, 5.74) is 1.52. The highest BCUT2D eigenvalue weighted by Crippen LogP contribution is 2.32. The number of benzene rings is 1. The Morgan fingerprint density at radius 2 is 2.03 bits per heavy atom. The number of rotatable bonds is 4. The lowest BCUT2D eigenvalue weighted by Crippen LogP contribution is -2.28. The van der Waals surface area contributed by atoms with E-state index in [0.29, 0.717) is 46.0 Å². The van der Waals surface area contributed by atoms with E-state index in [4.69, 9.17) is 4.42 Å². The zero-order valence-corrected chi connectivity index (χ0v) is 17.7. The first kappa shape index (κ1) is 20.0. The number of amides is 1. The van der Waals surface area contributed by atoms with Crippen molar-refractivity contribution in [1.29, 1.82) is 0 Å². The molecule has 0 radical (unpaired) electrons. The minimum atomic E-state index is -0.581. The van der Waals surface area contributed by atoms with Crippen LogP contribution in [0.1, 0.15) is 34.6 Å². The maximum atomic E-state index is 15.0. The number of hydrogen-bond acceptors (Lipinski definition) is 5. The fraction of sp³-hybridized carbons (Fsp3) is 0.364. The van der Waals surface area contributed by atoms with Crippen LogP contribution in [0.25, 0.3) is 33.3 Å². The number of nitrogens with zero attached hydrogens (tertiary/aromatic N) is 4. The molecular formula is C22H24FN5O2. The molecule has 1 N–H and O–H groups in total. The lowest BCUT2D eigenvalue weighted by Gasteiger charge is -2.16. The van der Waals surface area contributed by atoms with Gasteiger partial charge in [-0.1, -0.05) is 34.6 Å². The van der Waals surface area contributed by atoms with Crippen LogP contribution in [0.4, 0.5) is 10.2 Å². The van der Waals surface area contributed by atoms with Gasteiger partial charge < -0.3 is 9.73 Å². The predicted octanol–water partition coefficient (Wildman–Crippen LogP) is 5.02. The minimum absolute atomic E-state index is 0.101. The lowest BCUT2D eigenvalue weighted by molar-refractivity contribution is -0.123. The first-order valence-corrected chi connectivity index (χ1v) is 9.85. The minimum Gasteiger partial charge on any atom is -0.440 e. The van der Waals surface area contributed by atoms with Gasteiger partial charge in [-0.3, -0.25) is 4.79 Å². The summed E-state index contributed by atoms with van der Waals surface area (Å²) in [5, 5.41) is 8.14. The molecular weight excluding hydrogens is 385 g/mol. The van der Waals surface area contributed by atoms with Crippen LogP contribution in [0.5, 0.6) is 0 Å². The number of anilines is 1. The summed E-state index contributed by atoms with van der Waals surface area (Å²) in [6.07, 6.45) is 2.83. The molecule has 4 rings (SSSR count). The molecule has 30 heavy (non-hydrogen) atoms. The lowest BCUT2D eigenvalue weighted by atomic mass is 9.96. The summed E-state index contributed by atoms with van der Waals surface area (Å²) < 4.78 is 21.9. The van der Waals surface area contributed by atoms with Crippen LogP contribution >= 0.6 is 0 Å². The molecule has 1 aromatic carbocycles. The normalized spacial score (nSPS) is 12.2. The van der Waals surface area contributed by atoms with Crippen molar-refractivity contribution in [3.63, 3.8) is 0 Å². The molecule has 156 valence electrons. The third-order valence-electron chi connectivity index (χ3n) is 4.79. The Morgan fingerprint density at radius 3 is 2.73 bits per heavy atom. The molecule has 0 aliphatic heterocycles. The first-order chi connectivity index (χ1) is 14.1. The molecule has 4 aromatic rings. The van der Waals surface area contributed by atoms with E-state index in [2.05, 4.69) is 34.2 Å². The molecule has 0 aliphatic rings. The van der Waals surface area contributed by atoms with E-state index in [-0.39, 0.29) is 11.5 Å². The standard InChI is InChI=1S/C22H24FN5O2/c1-12(2)10-28-20-15(19(27-28)26-21(29)22(3,4)5)8-13(9-24-20)14-6-7-16-18(17(14)23)30-11-25-16/h6-9,11-12H,10H2,1-5H3,(H,26,27,29). The number of oxazole rings is 1. The van der Waals surface area contributed by atoms with Crippen LogP contribution in [-0.2, 0) is 11.3 Å². The van der Waals surface area contributed by atoms with Gasteiger partial charge in [-0.2, -0.15) is 5.10 Å². The number of fused-ring (bicyclic) bond motifs is 2. The summed E-state index contributed by atoms with van der Waals surface area (Å²) in [6, 6.07) is 5.14. The third kappa shape index (κ3) is 3.53. The number of carbonyl (C=O) groups excluding carboxylic acids is 1. The molecule has 0 bridgehead atoms. The van der Waals surface area contributed by atoms with Gasteiger partial charge in [0.15, 0.2) is 29.3 Å². The average molecular weight is 409 g/mol. The van der Waals surface area contributed by atoms with Crippen molar-refractivity contribution in [2.24, 2.45) is 11.3 Å². The number of carbonyl (C=O) groups is 1. The average Bonchev–Trinajstić information content (AvgIpc) is 3.26. The summed E-state index contributed by atoms with van der Waals surface area (Å²) >= 11 is 0. The molecule has 8 heteroatoms. The topological polar surface area (TPSA) is 85.8 Å². The molecule has 0 aliphatic carbocycles. The summed E-state index contributed by atoms with van der Waals surface area (Å²) in [6.45, 7) is 10.3. The highest BCUT2D eigenvalue weighted by molar-refractivity contribution is 6.02. The van der Waals surface area contributed by atoms with Gasteiger partial charge in [0.1, 0.15) is 5.52 Å². The van der Waals surface area contributed by atoms with Gasteiger partial charge in [0, 0.05) is 29.3 Å². The summed E-state index contributed by atoms with van der Waals surface area (Å²) in [5.74, 6) is 0.104. The molecule has 7 nitrogen and oxygen atoms in total. The molecule has 1 amide bonds. The Morgan fingerprint density at radius 1 is 1.27 bits per heavy atom. The second kappa shape index (κ2) is 7.19. The van der Waals surface area contributed by atoms with E-state index in [1.165, 1.54) is 6.39 Å². The molecule has 0 fully saturated rings. The van der Waals surface area contributed by atoms with E-state index >= 15 is 0 Å². The van der Waals surface area contributed by atoms with Gasteiger partial charge in [0.25, 0.3) is 0 Å². The maximum absolute atomic E-state index is 15.0. The smallest absolute Gasteiger partial charge is 0.230 e. The van der Waals surface area contributed by atoms with Crippen LogP contribution in [0.15, 0.2) is 35.2 Å². The van der Waals surface area contributed by atoms with Crippen molar-refractivity contribution in [2.45, 2.75) is 41.2 Å². The van der Waals surface area contributed by atoms with Gasteiger partial charge in [-0.15, -0.1) is 0 Å². The van der Waals surface area contributed by atoms with E-state index in [1.54, 1.807) is 29.1 Å². The molecule has 0 unspecified atom stereocenters. The second-order valence-electron chi connectivity index (χ2n) is 8.85. The Labute approximate surface area is 173 Å². The van der Waals surface area contributed by atoms with E-state index in [9.17, 15) is 9.18 Å². The number of nitrogens with one attached hydrogen (secondary N) is 1. The quantitative estimate of drug-likeness (QED) is 0.511. The fourth-order valence-corrected chi connectivity index (χ4v) is 3.19. The largest absolute Gasteiger partial charge is 0.440 e. The van der Waals surface area contributed by atoms with E-state index in [1.807, 2.05) is 20.8 Å². The second-order valence-corrected chi connectivity index (χ2v) is 8.85. The molecule has 0 saturated heterocycles. The van der Waals surface area contributed by atoms with E-state index in [0.717, 1.165) is 0 Å². The first-order valence-electron chi connectivity index (χ1n) is 9.85. The number of hydrogen-bond donors (Lipinski definition) is 1. The van der Waals surface area contributed by atoms with Crippen LogP contribution in [-0.4, -0.2) is 25.7 Å². The fourth-order valence-electron chi connectivity index (χ4n) is 3.19. The van der Waals surface area contributed by atoms with Gasteiger partial charge >= 0.3 is 0 Å². The Kier molecular flexibility index (Phi) is 4.80. The Hall–Kier alpha value is -3.29. The van der Waals surface area contributed by atoms with Crippen molar-refractivity contribution in [3.8, 4) is 11.1 Å². The summed E-state index contributed by atoms with van der Waals surface area (Å²) in [4.78, 5) is 21.1. The zero-order valence-electron chi connectivity index (χ0n) is 17.7. The Balaban J connectivity index is 1.86. The van der Waals surface area contributed by atoms with Crippen LogP contribution in [0.2, 0.25) is 0 Å². The highest BCUT2D eigenvalue weighted by atomic mass is 19.1. The van der Waals surface area contributed by atoms with Crippen molar-refractivity contribution in [1.82, 2.24) is 19.7 Å². The van der Waals surface area contributed by atoms with Crippen LogP contribution in [0.3, 0.4) is 0 Å². The van der Waals surface area contributed by atoms with Crippen LogP contribution in [0, 0.1) is 17.2 Å². The van der Waals surface area contributed by atoms with Crippen molar-refractivity contribution in [3.05, 3.63) is 36.6 Å². The van der Waals surface area contributed by atoms with Gasteiger partial charge in [-0.25, -0.2) is 19.0 Å². The number of pyridine rings is 1. The number of halogens is 1. The third-order valence-corrected chi connectivity index (χ3v) is 4.79. The van der Waals surface area contributed by atoms with Crippen LogP contribution < -0.4 is 5.32 Å².